The molecule has 3 N–H and O–H groups in total. The van der Waals surface area contributed by atoms with Crippen molar-refractivity contribution in [2.75, 3.05) is 0 Å². The number of sulfonamides is 1. The summed E-state index contributed by atoms with van der Waals surface area (Å²) in [5.74, 6) is 1.16. The first-order valence-corrected chi connectivity index (χ1v) is 12.8. The van der Waals surface area contributed by atoms with E-state index in [9.17, 15) is 18.3 Å². The van der Waals surface area contributed by atoms with Gasteiger partial charge in [-0.05, 0) is 80.8 Å². The van der Waals surface area contributed by atoms with Crippen LogP contribution in [0.1, 0.15) is 69.9 Å². The minimum Gasteiger partial charge on any atom is -0.390 e. The van der Waals surface area contributed by atoms with Gasteiger partial charge in [0.2, 0.25) is 15.9 Å². The summed E-state index contributed by atoms with van der Waals surface area (Å²) in [6.45, 7) is 4.03. The molecule has 1 aromatic rings. The maximum atomic E-state index is 12.7. The molecule has 0 radical (unpaired) electrons. The zero-order chi connectivity index (χ0) is 21.6. The summed E-state index contributed by atoms with van der Waals surface area (Å²) in [7, 11) is -3.34. The van der Waals surface area contributed by atoms with Crippen molar-refractivity contribution in [3.8, 4) is 0 Å². The van der Waals surface area contributed by atoms with Gasteiger partial charge < -0.3 is 10.4 Å². The van der Waals surface area contributed by atoms with Crippen LogP contribution < -0.4 is 10.0 Å². The molecule has 0 aromatic heterocycles. The molecule has 166 valence electrons. The Kier molecular flexibility index (Phi) is 5.75. The Balaban J connectivity index is 1.29. The van der Waals surface area contributed by atoms with E-state index in [-0.39, 0.29) is 23.1 Å². The number of carbonyl (C=O) groups is 1. The van der Waals surface area contributed by atoms with E-state index in [4.69, 9.17) is 0 Å². The van der Waals surface area contributed by atoms with Crippen molar-refractivity contribution in [2.45, 2.75) is 82.7 Å². The van der Waals surface area contributed by atoms with Crippen LogP contribution in [0.4, 0.5) is 0 Å². The molecule has 0 saturated heterocycles. The highest BCUT2D eigenvalue weighted by Crippen LogP contribution is 2.62. The minimum atomic E-state index is -3.34. The van der Waals surface area contributed by atoms with Crippen molar-refractivity contribution in [3.05, 3.63) is 35.4 Å². The van der Waals surface area contributed by atoms with Gasteiger partial charge in [0, 0.05) is 19.0 Å². The molecule has 0 spiro atoms. The second-order valence-corrected chi connectivity index (χ2v) is 12.2. The molecule has 2 unspecified atom stereocenters. The SMILES string of the molecule is CC(C)NS(=O)(=O)Cc1ccc(CNC(=O)CC23CC4CC(CC(O)(C4)C2)C3)cc1. The molecule has 2 atom stereocenters. The van der Waals surface area contributed by atoms with E-state index in [2.05, 4.69) is 10.0 Å². The van der Waals surface area contributed by atoms with Crippen molar-refractivity contribution in [1.82, 2.24) is 10.0 Å². The van der Waals surface area contributed by atoms with Crippen LogP contribution in [0.25, 0.3) is 0 Å². The van der Waals surface area contributed by atoms with E-state index < -0.39 is 15.6 Å². The van der Waals surface area contributed by atoms with E-state index >= 15 is 0 Å². The van der Waals surface area contributed by atoms with Gasteiger partial charge in [-0.25, -0.2) is 13.1 Å². The first-order chi connectivity index (χ1) is 14.0. The van der Waals surface area contributed by atoms with Gasteiger partial charge in [0.25, 0.3) is 0 Å². The fourth-order valence-corrected chi connectivity index (χ4v) is 8.02. The summed E-state index contributed by atoms with van der Waals surface area (Å²) in [5, 5.41) is 13.9. The predicted octanol–water partition coefficient (Wildman–Crippen LogP) is 2.85. The largest absolute Gasteiger partial charge is 0.390 e. The number of amides is 1. The number of hydrogen-bond acceptors (Lipinski definition) is 4. The Bertz CT molecular complexity index is 880. The predicted molar refractivity (Wildman–Crippen MR) is 116 cm³/mol. The fourth-order valence-electron chi connectivity index (χ4n) is 6.59. The molecular weight excluding hydrogens is 400 g/mol. The standard InChI is InChI=1S/C23H34N2O4S/c1-16(2)25-30(28,29)14-18-5-3-17(4-6-18)13-24-21(26)12-22-8-19-7-20(9-22)11-23(27,10-19)15-22/h3-6,16,19-20,25,27H,7-15H2,1-2H3,(H,24,26). The Morgan fingerprint density at radius 3 is 2.27 bits per heavy atom. The number of benzene rings is 1. The molecular formula is C23H34N2O4S. The van der Waals surface area contributed by atoms with Gasteiger partial charge in [-0.15, -0.1) is 0 Å². The van der Waals surface area contributed by atoms with Crippen molar-refractivity contribution >= 4 is 15.9 Å². The summed E-state index contributed by atoms with van der Waals surface area (Å²) < 4.78 is 26.7. The molecule has 4 fully saturated rings. The number of hydrogen-bond donors (Lipinski definition) is 3. The number of carbonyl (C=O) groups excluding carboxylic acids is 1. The van der Waals surface area contributed by atoms with Gasteiger partial charge >= 0.3 is 0 Å². The van der Waals surface area contributed by atoms with Crippen LogP contribution in [0.2, 0.25) is 0 Å². The molecule has 5 rings (SSSR count). The first-order valence-electron chi connectivity index (χ1n) is 11.1. The van der Waals surface area contributed by atoms with Crippen molar-refractivity contribution in [3.63, 3.8) is 0 Å². The highest BCUT2D eigenvalue weighted by Gasteiger charge is 2.57. The third kappa shape index (κ3) is 5.06. The lowest BCUT2D eigenvalue weighted by atomic mass is 9.47. The molecule has 4 saturated carbocycles. The number of aliphatic hydroxyl groups is 1. The molecule has 6 nitrogen and oxygen atoms in total. The average molecular weight is 435 g/mol. The normalized spacial score (nSPS) is 32.5. The Labute approximate surface area is 179 Å². The summed E-state index contributed by atoms with van der Waals surface area (Å²) >= 11 is 0. The summed E-state index contributed by atoms with van der Waals surface area (Å²) in [6.07, 6.45) is 6.48. The van der Waals surface area contributed by atoms with Crippen LogP contribution >= 0.6 is 0 Å². The fraction of sp³-hybridized carbons (Fsp3) is 0.696. The molecule has 1 amide bonds. The van der Waals surface area contributed by atoms with Crippen LogP contribution in [0, 0.1) is 17.3 Å². The maximum Gasteiger partial charge on any atom is 0.220 e. The number of nitrogens with one attached hydrogen (secondary N) is 2. The van der Waals surface area contributed by atoms with Gasteiger partial charge in [-0.1, -0.05) is 24.3 Å². The highest BCUT2D eigenvalue weighted by molar-refractivity contribution is 7.88. The molecule has 4 aliphatic rings. The quantitative estimate of drug-likeness (QED) is 0.586. The van der Waals surface area contributed by atoms with Crippen LogP contribution in [0.15, 0.2) is 24.3 Å². The Morgan fingerprint density at radius 2 is 1.70 bits per heavy atom. The lowest BCUT2D eigenvalue weighted by Crippen LogP contribution is -2.56. The van der Waals surface area contributed by atoms with Gasteiger partial charge in [-0.3, -0.25) is 4.79 Å². The highest BCUT2D eigenvalue weighted by atomic mass is 32.2. The van der Waals surface area contributed by atoms with E-state index in [0.717, 1.165) is 43.2 Å². The molecule has 0 aliphatic heterocycles. The second-order valence-electron chi connectivity index (χ2n) is 10.5. The van der Waals surface area contributed by atoms with Gasteiger partial charge in [0.15, 0.2) is 0 Å². The van der Waals surface area contributed by atoms with Crippen LogP contribution in [0.5, 0.6) is 0 Å². The van der Waals surface area contributed by atoms with E-state index in [1.165, 1.54) is 6.42 Å². The third-order valence-corrected chi connectivity index (χ3v) is 8.52. The average Bonchev–Trinajstić information content (AvgIpc) is 2.57. The maximum absolute atomic E-state index is 12.7. The lowest BCUT2D eigenvalue weighted by Gasteiger charge is -2.60. The van der Waals surface area contributed by atoms with E-state index in [0.29, 0.717) is 24.8 Å². The molecule has 4 aliphatic carbocycles. The van der Waals surface area contributed by atoms with Crippen LogP contribution in [-0.2, 0) is 27.1 Å². The topological polar surface area (TPSA) is 95.5 Å². The molecule has 4 bridgehead atoms. The summed E-state index contributed by atoms with van der Waals surface area (Å²) in [4.78, 5) is 12.7. The minimum absolute atomic E-state index is 0.0233. The zero-order valence-corrected chi connectivity index (χ0v) is 18.8. The zero-order valence-electron chi connectivity index (χ0n) is 18.0. The summed E-state index contributed by atoms with van der Waals surface area (Å²) in [5.41, 5.74) is 1.11. The molecule has 0 heterocycles. The molecule has 1 aromatic carbocycles. The smallest absolute Gasteiger partial charge is 0.220 e. The van der Waals surface area contributed by atoms with E-state index in [1.54, 1.807) is 26.0 Å². The van der Waals surface area contributed by atoms with Gasteiger partial charge in [0.05, 0.1) is 11.4 Å². The Hall–Kier alpha value is -1.44. The van der Waals surface area contributed by atoms with Crippen LogP contribution in [0.3, 0.4) is 0 Å². The third-order valence-electron chi connectivity index (χ3n) is 6.97. The Morgan fingerprint density at radius 1 is 1.10 bits per heavy atom. The lowest BCUT2D eigenvalue weighted by molar-refractivity contribution is -0.169. The van der Waals surface area contributed by atoms with Gasteiger partial charge in [0.1, 0.15) is 0 Å². The van der Waals surface area contributed by atoms with Crippen molar-refractivity contribution < 1.29 is 18.3 Å². The van der Waals surface area contributed by atoms with Gasteiger partial charge in [-0.2, -0.15) is 0 Å². The second kappa shape index (κ2) is 7.92. The van der Waals surface area contributed by atoms with Crippen molar-refractivity contribution in [1.29, 1.82) is 0 Å². The summed E-state index contributed by atoms with van der Waals surface area (Å²) in [6, 6.07) is 7.21. The van der Waals surface area contributed by atoms with Crippen LogP contribution in [-0.4, -0.2) is 31.1 Å². The molecule has 7 heteroatoms. The monoisotopic (exact) mass is 434 g/mol. The first kappa shape index (κ1) is 21.8. The number of rotatable bonds is 8. The van der Waals surface area contributed by atoms with Crippen molar-refractivity contribution in [2.24, 2.45) is 17.3 Å². The van der Waals surface area contributed by atoms with E-state index in [1.807, 2.05) is 12.1 Å². The molecule has 30 heavy (non-hydrogen) atoms.